The molecule has 0 aliphatic carbocycles. The fraction of sp³-hybridized carbons (Fsp3) is 0.316. The maximum Gasteiger partial charge on any atom is 0.305 e. The van der Waals surface area contributed by atoms with E-state index in [1.165, 1.54) is 30.6 Å². The molecule has 0 spiro atoms. The number of rotatable bonds is 5. The van der Waals surface area contributed by atoms with E-state index < -0.39 is 6.10 Å². The summed E-state index contributed by atoms with van der Waals surface area (Å²) in [5.74, 6) is -1.25. The van der Waals surface area contributed by atoms with E-state index in [0.29, 0.717) is 0 Å². The maximum absolute atomic E-state index is 13.1. The summed E-state index contributed by atoms with van der Waals surface area (Å²) < 4.78 is 31.7. The largest absolute Gasteiger partial charge is 0.462 e. The molecule has 2 aromatic rings. The highest BCUT2D eigenvalue weighted by Crippen LogP contribution is 2.30. The highest BCUT2D eigenvalue weighted by Gasteiger charge is 2.24. The van der Waals surface area contributed by atoms with Crippen LogP contribution in [0.5, 0.6) is 0 Å². The monoisotopic (exact) mass is 354 g/mol. The van der Waals surface area contributed by atoms with Gasteiger partial charge in [0.15, 0.2) is 0 Å². The first-order chi connectivity index (χ1) is 11.5. The summed E-state index contributed by atoms with van der Waals surface area (Å²) in [6, 6.07) is 12.1. The zero-order valence-electron chi connectivity index (χ0n) is 13.9. The number of carbonyl (C=O) groups excluding carboxylic acids is 1. The molecule has 0 aromatic heterocycles. The highest BCUT2D eigenvalue weighted by atomic mass is 35.5. The number of ether oxygens (including phenoxy) is 1. The molecular formula is C19H21ClF2O2. The third kappa shape index (κ3) is 5.60. The summed E-state index contributed by atoms with van der Waals surface area (Å²) in [5.41, 5.74) is 1.62. The SMILES string of the molecule is CCC(=O)OC(C)C(c1ccc(F)cc1)c1ccc(F)cc1.CCl. The van der Waals surface area contributed by atoms with Crippen LogP contribution in [-0.4, -0.2) is 18.5 Å². The summed E-state index contributed by atoms with van der Waals surface area (Å²) in [6.45, 7) is 3.50. The van der Waals surface area contributed by atoms with Crippen LogP contribution in [0.4, 0.5) is 8.78 Å². The van der Waals surface area contributed by atoms with Crippen LogP contribution in [0.2, 0.25) is 0 Å². The summed E-state index contributed by atoms with van der Waals surface area (Å²) in [5, 5.41) is 0. The summed E-state index contributed by atoms with van der Waals surface area (Å²) in [4.78, 5) is 11.6. The molecule has 0 heterocycles. The van der Waals surface area contributed by atoms with Gasteiger partial charge in [0.25, 0.3) is 0 Å². The molecule has 0 aliphatic heterocycles. The lowest BCUT2D eigenvalue weighted by Crippen LogP contribution is -2.23. The van der Waals surface area contributed by atoms with Crippen molar-refractivity contribution < 1.29 is 18.3 Å². The van der Waals surface area contributed by atoms with Gasteiger partial charge in [-0.15, -0.1) is 11.6 Å². The molecule has 130 valence electrons. The summed E-state index contributed by atoms with van der Waals surface area (Å²) in [7, 11) is 0. The van der Waals surface area contributed by atoms with Gasteiger partial charge in [-0.3, -0.25) is 4.79 Å². The Balaban J connectivity index is 0.00000139. The average molecular weight is 355 g/mol. The van der Waals surface area contributed by atoms with Crippen LogP contribution in [0, 0.1) is 11.6 Å². The highest BCUT2D eigenvalue weighted by molar-refractivity contribution is 6.15. The topological polar surface area (TPSA) is 26.3 Å². The quantitative estimate of drug-likeness (QED) is 0.538. The molecule has 2 rings (SSSR count). The number of hydrogen-bond donors (Lipinski definition) is 0. The van der Waals surface area contributed by atoms with E-state index >= 15 is 0 Å². The fourth-order valence-electron chi connectivity index (χ4n) is 2.43. The van der Waals surface area contributed by atoms with Crippen molar-refractivity contribution in [2.45, 2.75) is 32.3 Å². The van der Waals surface area contributed by atoms with E-state index in [-0.39, 0.29) is 29.9 Å². The van der Waals surface area contributed by atoms with Gasteiger partial charge in [0, 0.05) is 18.7 Å². The molecule has 24 heavy (non-hydrogen) atoms. The lowest BCUT2D eigenvalue weighted by atomic mass is 9.87. The van der Waals surface area contributed by atoms with Gasteiger partial charge in [0.05, 0.1) is 0 Å². The Morgan fingerprint density at radius 2 is 1.33 bits per heavy atom. The lowest BCUT2D eigenvalue weighted by Gasteiger charge is -2.25. The number of halogens is 3. The van der Waals surface area contributed by atoms with Crippen molar-refractivity contribution in [1.29, 1.82) is 0 Å². The fourth-order valence-corrected chi connectivity index (χ4v) is 2.43. The normalized spacial score (nSPS) is 11.5. The maximum atomic E-state index is 13.1. The van der Waals surface area contributed by atoms with E-state index in [1.54, 1.807) is 38.1 Å². The second-order valence-corrected chi connectivity index (χ2v) is 5.13. The molecular weight excluding hydrogens is 334 g/mol. The van der Waals surface area contributed by atoms with Crippen molar-refractivity contribution in [2.75, 3.05) is 6.38 Å². The molecule has 0 amide bonds. The Kier molecular flexibility index (Phi) is 8.41. The minimum atomic E-state index is -0.441. The Morgan fingerprint density at radius 1 is 0.958 bits per heavy atom. The Hall–Kier alpha value is -1.94. The van der Waals surface area contributed by atoms with Gasteiger partial charge in [-0.25, -0.2) is 8.78 Å². The lowest BCUT2D eigenvalue weighted by molar-refractivity contribution is -0.148. The first-order valence-corrected chi connectivity index (χ1v) is 8.35. The Bertz CT molecular complexity index is 581. The molecule has 5 heteroatoms. The van der Waals surface area contributed by atoms with Crippen LogP contribution < -0.4 is 0 Å². The van der Waals surface area contributed by atoms with Crippen molar-refractivity contribution in [1.82, 2.24) is 0 Å². The first kappa shape index (κ1) is 20.1. The van der Waals surface area contributed by atoms with Gasteiger partial charge in [-0.1, -0.05) is 31.2 Å². The van der Waals surface area contributed by atoms with Crippen LogP contribution in [0.3, 0.4) is 0 Å². The average Bonchev–Trinajstić information content (AvgIpc) is 2.60. The molecule has 2 nitrogen and oxygen atoms in total. The zero-order chi connectivity index (χ0) is 18.1. The molecule has 0 bridgehead atoms. The summed E-state index contributed by atoms with van der Waals surface area (Å²) in [6.07, 6.45) is 1.31. The van der Waals surface area contributed by atoms with Gasteiger partial charge in [-0.05, 0) is 42.3 Å². The van der Waals surface area contributed by atoms with E-state index in [0.717, 1.165) is 11.1 Å². The Labute approximate surface area is 146 Å². The van der Waals surface area contributed by atoms with Gasteiger partial charge >= 0.3 is 5.97 Å². The van der Waals surface area contributed by atoms with E-state index in [1.807, 2.05) is 0 Å². The molecule has 0 N–H and O–H groups in total. The number of esters is 1. The second kappa shape index (κ2) is 10.0. The van der Waals surface area contributed by atoms with Gasteiger partial charge in [0.1, 0.15) is 17.7 Å². The van der Waals surface area contributed by atoms with E-state index in [4.69, 9.17) is 4.74 Å². The van der Waals surface area contributed by atoms with Crippen LogP contribution >= 0.6 is 11.6 Å². The minimum Gasteiger partial charge on any atom is -0.462 e. The molecule has 0 fully saturated rings. The summed E-state index contributed by atoms with van der Waals surface area (Å²) >= 11 is 4.64. The Morgan fingerprint density at radius 3 is 1.67 bits per heavy atom. The number of carbonyl (C=O) groups is 1. The van der Waals surface area contributed by atoms with Gasteiger partial charge in [-0.2, -0.15) is 0 Å². The predicted octanol–water partition coefficient (Wildman–Crippen LogP) is 5.29. The molecule has 0 saturated carbocycles. The zero-order valence-corrected chi connectivity index (χ0v) is 14.7. The van der Waals surface area contributed by atoms with Crippen molar-refractivity contribution in [3.63, 3.8) is 0 Å². The number of benzene rings is 2. The number of hydrogen-bond acceptors (Lipinski definition) is 2. The third-order valence-electron chi connectivity index (χ3n) is 3.53. The molecule has 0 saturated heterocycles. The van der Waals surface area contributed by atoms with Crippen molar-refractivity contribution in [2.24, 2.45) is 0 Å². The molecule has 0 radical (unpaired) electrons. The van der Waals surface area contributed by atoms with Crippen LogP contribution in [0.15, 0.2) is 48.5 Å². The van der Waals surface area contributed by atoms with Crippen molar-refractivity contribution in [3.8, 4) is 0 Å². The van der Waals surface area contributed by atoms with Gasteiger partial charge < -0.3 is 4.74 Å². The van der Waals surface area contributed by atoms with E-state index in [2.05, 4.69) is 11.6 Å². The van der Waals surface area contributed by atoms with Crippen LogP contribution in [0.1, 0.15) is 37.3 Å². The second-order valence-electron chi connectivity index (χ2n) is 5.13. The van der Waals surface area contributed by atoms with Gasteiger partial charge in [0.2, 0.25) is 0 Å². The minimum absolute atomic E-state index is 0.281. The van der Waals surface area contributed by atoms with Crippen molar-refractivity contribution >= 4 is 17.6 Å². The third-order valence-corrected chi connectivity index (χ3v) is 3.53. The molecule has 0 aliphatic rings. The van der Waals surface area contributed by atoms with Crippen LogP contribution in [0.25, 0.3) is 0 Å². The smallest absolute Gasteiger partial charge is 0.305 e. The predicted molar refractivity (Wildman–Crippen MR) is 92.3 cm³/mol. The molecule has 1 atom stereocenters. The molecule has 2 aromatic carbocycles. The standard InChI is InChI=1S/C18H18F2O2.CH3Cl/c1-3-17(21)22-12(2)18(13-4-8-15(19)9-5-13)14-6-10-16(20)11-7-14;1-2/h4-12,18H,3H2,1-2H3;1H3. The van der Waals surface area contributed by atoms with Crippen LogP contribution in [-0.2, 0) is 9.53 Å². The first-order valence-electron chi connectivity index (χ1n) is 7.59. The number of alkyl halides is 1. The molecule has 1 unspecified atom stereocenters. The van der Waals surface area contributed by atoms with E-state index in [9.17, 15) is 13.6 Å². The van der Waals surface area contributed by atoms with Crippen molar-refractivity contribution in [3.05, 3.63) is 71.3 Å².